The van der Waals surface area contributed by atoms with E-state index in [2.05, 4.69) is 10.3 Å². The van der Waals surface area contributed by atoms with Crippen LogP contribution in [0.4, 0.5) is 9.18 Å². The van der Waals surface area contributed by atoms with Crippen molar-refractivity contribution in [2.45, 2.75) is 33.3 Å². The van der Waals surface area contributed by atoms with E-state index in [0.29, 0.717) is 12.1 Å². The molecular weight excluding hydrogens is 247 g/mol. The molecule has 1 amide bonds. The molecule has 19 heavy (non-hydrogen) atoms. The number of halogens is 1. The third-order valence-corrected chi connectivity index (χ3v) is 2.24. The van der Waals surface area contributed by atoms with Gasteiger partial charge in [-0.05, 0) is 39.3 Å². The molecule has 0 atom stereocenters. The molecule has 5 heteroatoms. The van der Waals surface area contributed by atoms with Crippen LogP contribution in [0.1, 0.15) is 31.9 Å². The summed E-state index contributed by atoms with van der Waals surface area (Å²) in [5.41, 5.74) is 0.702. The Morgan fingerprint density at radius 2 is 2.21 bits per heavy atom. The smallest absolute Gasteiger partial charge is 0.407 e. The minimum atomic E-state index is -0.515. The van der Waals surface area contributed by atoms with Gasteiger partial charge in [-0.2, -0.15) is 4.39 Å². The van der Waals surface area contributed by atoms with E-state index in [0.717, 1.165) is 5.56 Å². The van der Waals surface area contributed by atoms with Gasteiger partial charge >= 0.3 is 6.09 Å². The van der Waals surface area contributed by atoms with Crippen molar-refractivity contribution in [3.05, 3.63) is 35.4 Å². The highest BCUT2D eigenvalue weighted by atomic mass is 19.1. The molecule has 0 aliphatic heterocycles. The number of carbonyl (C=O) groups excluding carboxylic acids is 1. The third kappa shape index (κ3) is 5.50. The summed E-state index contributed by atoms with van der Waals surface area (Å²) in [4.78, 5) is 14.9. The quantitative estimate of drug-likeness (QED) is 0.855. The molecule has 1 aromatic rings. The number of amides is 1. The molecule has 0 aliphatic carbocycles. The summed E-state index contributed by atoms with van der Waals surface area (Å²) in [5, 5.41) is 2.59. The number of hydrogen-bond acceptors (Lipinski definition) is 3. The standard InChI is InChI=1S/C14H19FN2O2/c1-10-11(7-9-16-12(10)15)6-5-8-17-13(18)19-14(2,3)4/h5-7,9H,8H2,1-4H3,(H,17,18). The zero-order valence-electron chi connectivity index (χ0n) is 11.7. The number of ether oxygens (including phenoxy) is 1. The van der Waals surface area contributed by atoms with Crippen molar-refractivity contribution < 1.29 is 13.9 Å². The average molecular weight is 266 g/mol. The molecule has 0 bridgehead atoms. The molecule has 0 unspecified atom stereocenters. The number of nitrogens with one attached hydrogen (secondary N) is 1. The van der Waals surface area contributed by atoms with E-state index in [4.69, 9.17) is 4.74 Å². The molecule has 0 saturated carbocycles. The minimum Gasteiger partial charge on any atom is -0.444 e. The fourth-order valence-electron chi connectivity index (χ4n) is 1.35. The predicted octanol–water partition coefficient (Wildman–Crippen LogP) is 3.07. The fourth-order valence-corrected chi connectivity index (χ4v) is 1.35. The van der Waals surface area contributed by atoms with Crippen molar-refractivity contribution in [1.29, 1.82) is 0 Å². The monoisotopic (exact) mass is 266 g/mol. The summed E-state index contributed by atoms with van der Waals surface area (Å²) in [5.74, 6) is -0.484. The Kier molecular flexibility index (Phi) is 5.03. The molecule has 0 fully saturated rings. The molecule has 1 N–H and O–H groups in total. The van der Waals surface area contributed by atoms with Crippen LogP contribution >= 0.6 is 0 Å². The maximum Gasteiger partial charge on any atom is 0.407 e. The molecule has 0 spiro atoms. The Bertz CT molecular complexity index is 479. The number of nitrogens with zero attached hydrogens (tertiary/aromatic N) is 1. The van der Waals surface area contributed by atoms with Crippen molar-refractivity contribution >= 4 is 12.2 Å². The van der Waals surface area contributed by atoms with Crippen LogP contribution in [-0.4, -0.2) is 23.2 Å². The van der Waals surface area contributed by atoms with Crippen LogP contribution in [0.2, 0.25) is 0 Å². The van der Waals surface area contributed by atoms with Gasteiger partial charge < -0.3 is 10.1 Å². The van der Waals surface area contributed by atoms with Gasteiger partial charge in [0.2, 0.25) is 5.95 Å². The molecule has 104 valence electrons. The van der Waals surface area contributed by atoms with E-state index < -0.39 is 17.6 Å². The molecule has 0 aliphatic rings. The number of hydrogen-bond donors (Lipinski definition) is 1. The molecular formula is C14H19FN2O2. The van der Waals surface area contributed by atoms with Crippen LogP contribution in [-0.2, 0) is 4.74 Å². The van der Waals surface area contributed by atoms with Gasteiger partial charge in [-0.1, -0.05) is 12.2 Å². The zero-order chi connectivity index (χ0) is 14.5. The number of rotatable bonds is 3. The van der Waals surface area contributed by atoms with Gasteiger partial charge in [0.25, 0.3) is 0 Å². The summed E-state index contributed by atoms with van der Waals surface area (Å²) in [6.45, 7) is 7.37. The summed E-state index contributed by atoms with van der Waals surface area (Å²) >= 11 is 0. The van der Waals surface area contributed by atoms with Gasteiger partial charge in [0.15, 0.2) is 0 Å². The van der Waals surface area contributed by atoms with Gasteiger partial charge in [-0.3, -0.25) is 0 Å². The second-order valence-corrected chi connectivity index (χ2v) is 5.10. The number of pyridine rings is 1. The Morgan fingerprint density at radius 1 is 1.53 bits per heavy atom. The minimum absolute atomic E-state index is 0.318. The Morgan fingerprint density at radius 3 is 2.84 bits per heavy atom. The van der Waals surface area contributed by atoms with Crippen LogP contribution < -0.4 is 5.32 Å². The second-order valence-electron chi connectivity index (χ2n) is 5.10. The number of carbonyl (C=O) groups is 1. The largest absolute Gasteiger partial charge is 0.444 e. The summed E-state index contributed by atoms with van der Waals surface area (Å²) in [7, 11) is 0. The first-order valence-corrected chi connectivity index (χ1v) is 6.04. The third-order valence-electron chi connectivity index (χ3n) is 2.24. The molecule has 0 saturated heterocycles. The Hall–Kier alpha value is -1.91. The van der Waals surface area contributed by atoms with E-state index in [1.165, 1.54) is 6.20 Å². The maximum atomic E-state index is 13.2. The highest BCUT2D eigenvalue weighted by Gasteiger charge is 2.14. The molecule has 0 aromatic carbocycles. The first-order valence-electron chi connectivity index (χ1n) is 6.04. The highest BCUT2D eigenvalue weighted by molar-refractivity contribution is 5.68. The zero-order valence-corrected chi connectivity index (χ0v) is 11.7. The van der Waals surface area contributed by atoms with Crippen LogP contribution in [0.15, 0.2) is 18.3 Å². The van der Waals surface area contributed by atoms with Crippen molar-refractivity contribution in [1.82, 2.24) is 10.3 Å². The summed E-state index contributed by atoms with van der Waals surface area (Å²) < 4.78 is 18.2. The van der Waals surface area contributed by atoms with E-state index in [1.54, 1.807) is 45.9 Å². The lowest BCUT2D eigenvalue weighted by molar-refractivity contribution is 0.0534. The topological polar surface area (TPSA) is 51.2 Å². The van der Waals surface area contributed by atoms with Gasteiger partial charge in [-0.25, -0.2) is 9.78 Å². The fraction of sp³-hybridized carbons (Fsp3) is 0.429. The Balaban J connectivity index is 2.47. The lowest BCUT2D eigenvalue weighted by Crippen LogP contribution is -2.32. The lowest BCUT2D eigenvalue weighted by Gasteiger charge is -2.19. The van der Waals surface area contributed by atoms with E-state index in [9.17, 15) is 9.18 Å². The maximum absolute atomic E-state index is 13.2. The predicted molar refractivity (Wildman–Crippen MR) is 72.2 cm³/mol. The van der Waals surface area contributed by atoms with E-state index in [-0.39, 0.29) is 0 Å². The molecule has 1 heterocycles. The summed E-state index contributed by atoms with van der Waals surface area (Å²) in [6.07, 6.45) is 4.39. The van der Waals surface area contributed by atoms with Crippen LogP contribution in [0.3, 0.4) is 0 Å². The highest BCUT2D eigenvalue weighted by Crippen LogP contribution is 2.11. The van der Waals surface area contributed by atoms with Crippen molar-refractivity contribution in [3.63, 3.8) is 0 Å². The second kappa shape index (κ2) is 6.31. The van der Waals surface area contributed by atoms with Gasteiger partial charge in [0.1, 0.15) is 5.60 Å². The van der Waals surface area contributed by atoms with Gasteiger partial charge in [0.05, 0.1) is 0 Å². The van der Waals surface area contributed by atoms with Crippen molar-refractivity contribution in [2.75, 3.05) is 6.54 Å². The SMILES string of the molecule is Cc1c(C=CCNC(=O)OC(C)(C)C)ccnc1F. The van der Waals surface area contributed by atoms with Crippen LogP contribution in [0.5, 0.6) is 0 Å². The lowest BCUT2D eigenvalue weighted by atomic mass is 10.1. The van der Waals surface area contributed by atoms with Gasteiger partial charge in [0, 0.05) is 18.3 Å². The first-order chi connectivity index (χ1) is 8.79. The van der Waals surface area contributed by atoms with Crippen molar-refractivity contribution in [3.8, 4) is 0 Å². The number of aromatic nitrogens is 1. The summed E-state index contributed by atoms with van der Waals surface area (Å²) in [6, 6.07) is 1.71. The average Bonchev–Trinajstić information content (AvgIpc) is 2.27. The van der Waals surface area contributed by atoms with Crippen LogP contribution in [0.25, 0.3) is 6.08 Å². The van der Waals surface area contributed by atoms with Gasteiger partial charge in [-0.15, -0.1) is 0 Å². The van der Waals surface area contributed by atoms with Crippen LogP contribution in [0, 0.1) is 12.9 Å². The molecule has 0 radical (unpaired) electrons. The molecule has 1 aromatic heterocycles. The van der Waals surface area contributed by atoms with E-state index in [1.807, 2.05) is 0 Å². The molecule has 1 rings (SSSR count). The first kappa shape index (κ1) is 15.1. The molecule has 4 nitrogen and oxygen atoms in total. The number of alkyl carbamates (subject to hydrolysis) is 1. The normalized spacial score (nSPS) is 11.6. The van der Waals surface area contributed by atoms with E-state index >= 15 is 0 Å². The van der Waals surface area contributed by atoms with Crippen molar-refractivity contribution in [2.24, 2.45) is 0 Å². The Labute approximate surface area is 112 Å².